The molecular weight excluding hydrogens is 180 g/mol. The summed E-state index contributed by atoms with van der Waals surface area (Å²) >= 11 is 0. The molecule has 0 aliphatic heterocycles. The molecule has 0 aromatic rings. The van der Waals surface area contributed by atoms with Crippen molar-refractivity contribution in [3.63, 3.8) is 0 Å². The van der Waals surface area contributed by atoms with Crippen molar-refractivity contribution in [1.29, 1.82) is 0 Å². The largest absolute Gasteiger partial charge is 0.459 e. The number of aliphatic hydroxyl groups excluding tert-OH is 1. The second-order valence-electron chi connectivity index (χ2n) is 4.02. The van der Waals surface area contributed by atoms with E-state index in [9.17, 15) is 9.90 Å². The normalized spacial score (nSPS) is 15.4. The summed E-state index contributed by atoms with van der Waals surface area (Å²) in [5.74, 6) is -1.23. The van der Waals surface area contributed by atoms with Gasteiger partial charge in [-0.25, -0.2) is 0 Å². The van der Waals surface area contributed by atoms with Crippen molar-refractivity contribution < 1.29 is 14.6 Å². The number of esters is 1. The van der Waals surface area contributed by atoms with Gasteiger partial charge in [-0.05, 0) is 20.8 Å². The van der Waals surface area contributed by atoms with Crippen LogP contribution in [0.5, 0.6) is 0 Å². The number of ether oxygens (including phenoxy) is 1. The average molecular weight is 198 g/mol. The Hall–Kier alpha value is -1.09. The highest BCUT2D eigenvalue weighted by atomic mass is 16.6. The summed E-state index contributed by atoms with van der Waals surface area (Å²) < 4.78 is 5.10. The van der Waals surface area contributed by atoms with Crippen LogP contribution in [-0.4, -0.2) is 22.8 Å². The third kappa shape index (κ3) is 4.23. The molecule has 3 nitrogen and oxygen atoms in total. The number of aliphatic hydroxyl groups is 1. The van der Waals surface area contributed by atoms with Crippen LogP contribution in [0.25, 0.3) is 0 Å². The van der Waals surface area contributed by atoms with E-state index in [2.05, 4.69) is 13.2 Å². The third-order valence-electron chi connectivity index (χ3n) is 1.54. The molecule has 2 unspecified atom stereocenters. The average Bonchev–Trinajstić information content (AvgIpc) is 2.01. The Morgan fingerprint density at radius 3 is 2.14 bits per heavy atom. The Bertz CT molecular complexity index is 225. The second kappa shape index (κ2) is 4.96. The van der Waals surface area contributed by atoms with Crippen LogP contribution in [0.2, 0.25) is 0 Å². The Balaban J connectivity index is 4.48. The van der Waals surface area contributed by atoms with Crippen LogP contribution in [0.15, 0.2) is 25.3 Å². The Morgan fingerprint density at radius 2 is 1.86 bits per heavy atom. The van der Waals surface area contributed by atoms with Gasteiger partial charge in [0.15, 0.2) is 0 Å². The highest BCUT2D eigenvalue weighted by Crippen LogP contribution is 2.15. The van der Waals surface area contributed by atoms with Crippen LogP contribution in [0.3, 0.4) is 0 Å². The molecule has 0 amide bonds. The predicted molar refractivity (Wildman–Crippen MR) is 55.7 cm³/mol. The maximum Gasteiger partial charge on any atom is 0.316 e. The van der Waals surface area contributed by atoms with E-state index in [-0.39, 0.29) is 0 Å². The van der Waals surface area contributed by atoms with E-state index in [0.717, 1.165) is 0 Å². The highest BCUT2D eigenvalue weighted by molar-refractivity contribution is 5.75. The van der Waals surface area contributed by atoms with Gasteiger partial charge in [0.2, 0.25) is 0 Å². The summed E-state index contributed by atoms with van der Waals surface area (Å²) in [6.45, 7) is 12.2. The molecule has 0 aromatic carbocycles. The van der Waals surface area contributed by atoms with Gasteiger partial charge in [-0.2, -0.15) is 0 Å². The molecule has 3 heteroatoms. The van der Waals surface area contributed by atoms with Gasteiger partial charge in [0.05, 0.1) is 6.10 Å². The van der Waals surface area contributed by atoms with E-state index < -0.39 is 23.6 Å². The van der Waals surface area contributed by atoms with Crippen molar-refractivity contribution in [2.75, 3.05) is 0 Å². The minimum atomic E-state index is -0.942. The number of hydrogen-bond acceptors (Lipinski definition) is 3. The van der Waals surface area contributed by atoms with Gasteiger partial charge in [0, 0.05) is 0 Å². The van der Waals surface area contributed by atoms with Crippen LogP contribution in [0.4, 0.5) is 0 Å². The molecule has 80 valence electrons. The lowest BCUT2D eigenvalue weighted by atomic mass is 10.0. The van der Waals surface area contributed by atoms with Crippen LogP contribution < -0.4 is 0 Å². The van der Waals surface area contributed by atoms with Crippen LogP contribution in [0.1, 0.15) is 20.8 Å². The van der Waals surface area contributed by atoms with E-state index >= 15 is 0 Å². The fourth-order valence-corrected chi connectivity index (χ4v) is 0.892. The van der Waals surface area contributed by atoms with E-state index in [1.165, 1.54) is 12.2 Å². The first-order valence-electron chi connectivity index (χ1n) is 4.48. The summed E-state index contributed by atoms with van der Waals surface area (Å²) in [6, 6.07) is 0. The van der Waals surface area contributed by atoms with Crippen molar-refractivity contribution in [1.82, 2.24) is 0 Å². The molecule has 0 rings (SSSR count). The first-order chi connectivity index (χ1) is 6.31. The number of carbonyl (C=O) groups excluding carboxylic acids is 1. The summed E-state index contributed by atoms with van der Waals surface area (Å²) in [4.78, 5) is 11.5. The molecule has 0 heterocycles. The third-order valence-corrected chi connectivity index (χ3v) is 1.54. The zero-order valence-electron chi connectivity index (χ0n) is 8.99. The molecule has 0 aliphatic carbocycles. The SMILES string of the molecule is C=CC(O)C(C=C)C(=O)OC(C)(C)C. The molecular formula is C11H18O3. The molecule has 0 spiro atoms. The topological polar surface area (TPSA) is 46.5 Å². The van der Waals surface area contributed by atoms with E-state index in [1.54, 1.807) is 20.8 Å². The number of rotatable bonds is 4. The molecule has 0 saturated heterocycles. The van der Waals surface area contributed by atoms with E-state index in [4.69, 9.17) is 4.74 Å². The monoisotopic (exact) mass is 198 g/mol. The molecule has 14 heavy (non-hydrogen) atoms. The van der Waals surface area contributed by atoms with Gasteiger partial charge in [0.1, 0.15) is 11.5 Å². The van der Waals surface area contributed by atoms with Crippen LogP contribution in [0, 0.1) is 5.92 Å². The first kappa shape index (κ1) is 12.9. The fraction of sp³-hybridized carbons (Fsp3) is 0.545. The maximum absolute atomic E-state index is 11.5. The standard InChI is InChI=1S/C11H18O3/c1-6-8(9(12)7-2)10(13)14-11(3,4)5/h6-9,12H,1-2H2,3-5H3. The van der Waals surface area contributed by atoms with E-state index in [1.807, 2.05) is 0 Å². The summed E-state index contributed by atoms with van der Waals surface area (Å²) in [5, 5.41) is 9.39. The van der Waals surface area contributed by atoms with Gasteiger partial charge in [0.25, 0.3) is 0 Å². The van der Waals surface area contributed by atoms with Gasteiger partial charge in [-0.3, -0.25) is 4.79 Å². The molecule has 1 N–H and O–H groups in total. The summed E-state index contributed by atoms with van der Waals surface area (Å²) in [5.41, 5.74) is -0.556. The minimum Gasteiger partial charge on any atom is -0.459 e. The highest BCUT2D eigenvalue weighted by Gasteiger charge is 2.26. The van der Waals surface area contributed by atoms with Crippen LogP contribution >= 0.6 is 0 Å². The molecule has 0 radical (unpaired) electrons. The van der Waals surface area contributed by atoms with Crippen molar-refractivity contribution in [3.05, 3.63) is 25.3 Å². The number of hydrogen-bond donors (Lipinski definition) is 1. The predicted octanol–water partition coefficient (Wildman–Crippen LogP) is 1.68. The molecule has 0 saturated carbocycles. The lowest BCUT2D eigenvalue weighted by Crippen LogP contribution is -2.33. The second-order valence-corrected chi connectivity index (χ2v) is 4.02. The molecule has 0 aliphatic rings. The van der Waals surface area contributed by atoms with Gasteiger partial charge in [-0.1, -0.05) is 12.2 Å². The maximum atomic E-state index is 11.5. The molecule has 0 fully saturated rings. The van der Waals surface area contributed by atoms with Crippen molar-refractivity contribution in [2.45, 2.75) is 32.5 Å². The zero-order valence-corrected chi connectivity index (χ0v) is 8.99. The van der Waals surface area contributed by atoms with Gasteiger partial charge in [-0.15, -0.1) is 13.2 Å². The van der Waals surface area contributed by atoms with Crippen molar-refractivity contribution in [2.24, 2.45) is 5.92 Å². The Morgan fingerprint density at radius 1 is 1.36 bits per heavy atom. The quantitative estimate of drug-likeness (QED) is 0.552. The summed E-state index contributed by atoms with van der Waals surface area (Å²) in [6.07, 6.45) is 1.71. The Kier molecular flexibility index (Phi) is 4.57. The van der Waals surface area contributed by atoms with Crippen LogP contribution in [-0.2, 0) is 9.53 Å². The fourth-order valence-electron chi connectivity index (χ4n) is 0.892. The lowest BCUT2D eigenvalue weighted by Gasteiger charge is -2.23. The molecule has 0 bridgehead atoms. The first-order valence-corrected chi connectivity index (χ1v) is 4.48. The Labute approximate surface area is 85.1 Å². The van der Waals surface area contributed by atoms with Gasteiger partial charge >= 0.3 is 5.97 Å². The zero-order chi connectivity index (χ0) is 11.4. The van der Waals surface area contributed by atoms with Crippen molar-refractivity contribution in [3.8, 4) is 0 Å². The minimum absolute atomic E-state index is 0.486. The lowest BCUT2D eigenvalue weighted by molar-refractivity contribution is -0.160. The van der Waals surface area contributed by atoms with Gasteiger partial charge < -0.3 is 9.84 Å². The summed E-state index contributed by atoms with van der Waals surface area (Å²) in [7, 11) is 0. The smallest absolute Gasteiger partial charge is 0.316 e. The number of carbonyl (C=O) groups is 1. The van der Waals surface area contributed by atoms with E-state index in [0.29, 0.717) is 0 Å². The molecule has 0 aromatic heterocycles. The molecule has 2 atom stereocenters. The van der Waals surface area contributed by atoms with Crippen molar-refractivity contribution >= 4 is 5.97 Å².